The van der Waals surface area contributed by atoms with Gasteiger partial charge in [0.05, 0.1) is 0 Å². The van der Waals surface area contributed by atoms with E-state index in [0.717, 1.165) is 64.2 Å². The fraction of sp³-hybridized carbons (Fsp3) is 0.786. The van der Waals surface area contributed by atoms with Crippen molar-refractivity contribution in [2.75, 3.05) is 0 Å². The molecular weight excluding hydrogens is 400 g/mol. The molecule has 0 aliphatic rings. The van der Waals surface area contributed by atoms with Crippen molar-refractivity contribution in [3.05, 3.63) is 12.2 Å². The molecule has 0 aromatic heterocycles. The Balaban J connectivity index is 3.31. The first kappa shape index (κ1) is 30.4. The third kappa shape index (κ3) is 21.6. The van der Waals surface area contributed by atoms with Gasteiger partial charge in [-0.15, -0.1) is 0 Å². The number of carbonyl (C=O) groups is 4. The number of hydrogen-bond donors (Lipinski definition) is 0. The second-order valence-electron chi connectivity index (χ2n) is 9.06. The number of rotatable bonds is 24. The number of hydrogen-bond acceptors (Lipinski definition) is 4. The normalized spacial score (nSPS) is 11.2. The Morgan fingerprint density at radius 3 is 1.31 bits per heavy atom. The maximum Gasteiger partial charge on any atom is 0.198 e. The molecule has 0 bridgehead atoms. The topological polar surface area (TPSA) is 68.3 Å². The summed E-state index contributed by atoms with van der Waals surface area (Å²) < 4.78 is 0. The molecule has 0 aliphatic carbocycles. The van der Waals surface area contributed by atoms with Crippen molar-refractivity contribution in [1.29, 1.82) is 0 Å². The van der Waals surface area contributed by atoms with Crippen LogP contribution in [0, 0.1) is 0 Å². The van der Waals surface area contributed by atoms with Crippen LogP contribution in [0.1, 0.15) is 142 Å². The molecule has 4 nitrogen and oxygen atoms in total. The third-order valence-corrected chi connectivity index (χ3v) is 5.97. The van der Waals surface area contributed by atoms with Crippen molar-refractivity contribution in [2.24, 2.45) is 0 Å². The van der Waals surface area contributed by atoms with Crippen LogP contribution < -0.4 is 0 Å². The van der Waals surface area contributed by atoms with E-state index < -0.39 is 0 Å². The lowest BCUT2D eigenvalue weighted by atomic mass is 10.0. The van der Waals surface area contributed by atoms with Gasteiger partial charge in [0.25, 0.3) is 0 Å². The van der Waals surface area contributed by atoms with E-state index in [1.165, 1.54) is 45.4 Å². The molecule has 0 heterocycles. The largest absolute Gasteiger partial charge is 0.300 e. The molecule has 0 aliphatic heterocycles. The molecule has 0 N–H and O–H groups in total. The fourth-order valence-electron chi connectivity index (χ4n) is 3.73. The highest BCUT2D eigenvalue weighted by Gasteiger charge is 2.07. The lowest BCUT2D eigenvalue weighted by molar-refractivity contribution is -0.135. The quantitative estimate of drug-likeness (QED) is 0.0863. The highest BCUT2D eigenvalue weighted by molar-refractivity contribution is 6.36. The van der Waals surface area contributed by atoms with Crippen molar-refractivity contribution in [2.45, 2.75) is 142 Å². The minimum atomic E-state index is -0.350. The average Bonchev–Trinajstić information content (AvgIpc) is 2.78. The molecule has 0 amide bonds. The van der Waals surface area contributed by atoms with Gasteiger partial charge in [-0.05, 0) is 51.4 Å². The number of carbonyl (C=O) groups excluding carboxylic acids is 4. The molecular formula is C28H48O4. The maximum absolute atomic E-state index is 11.9. The Morgan fingerprint density at radius 1 is 0.500 bits per heavy atom. The molecule has 0 spiro atoms. The molecule has 0 saturated carbocycles. The predicted octanol–water partition coefficient (Wildman–Crippen LogP) is 7.66. The van der Waals surface area contributed by atoms with Crippen molar-refractivity contribution >= 4 is 23.1 Å². The van der Waals surface area contributed by atoms with E-state index in [1.54, 1.807) is 0 Å². The summed E-state index contributed by atoms with van der Waals surface area (Å²) in [4.78, 5) is 45.2. The predicted molar refractivity (Wildman–Crippen MR) is 133 cm³/mol. The molecule has 0 saturated heterocycles. The highest BCUT2D eigenvalue weighted by Crippen LogP contribution is 2.12. The molecule has 32 heavy (non-hydrogen) atoms. The zero-order valence-electron chi connectivity index (χ0n) is 20.9. The van der Waals surface area contributed by atoms with Crippen LogP contribution in [0.15, 0.2) is 12.2 Å². The Morgan fingerprint density at radius 2 is 0.875 bits per heavy atom. The molecule has 0 aromatic carbocycles. The van der Waals surface area contributed by atoms with E-state index in [4.69, 9.17) is 0 Å². The van der Waals surface area contributed by atoms with Gasteiger partial charge < -0.3 is 0 Å². The summed E-state index contributed by atoms with van der Waals surface area (Å²) >= 11 is 0. The molecule has 0 radical (unpaired) electrons. The zero-order chi connectivity index (χ0) is 23.9. The van der Waals surface area contributed by atoms with Gasteiger partial charge in [-0.1, -0.05) is 64.0 Å². The van der Waals surface area contributed by atoms with Crippen LogP contribution in [-0.2, 0) is 19.2 Å². The van der Waals surface area contributed by atoms with Crippen molar-refractivity contribution < 1.29 is 19.2 Å². The fourth-order valence-corrected chi connectivity index (χ4v) is 3.73. The molecule has 0 atom stereocenters. The Kier molecular flexibility index (Phi) is 21.5. The molecule has 0 rings (SSSR count). The van der Waals surface area contributed by atoms with E-state index in [0.29, 0.717) is 37.2 Å². The van der Waals surface area contributed by atoms with Crippen LogP contribution in [0.5, 0.6) is 0 Å². The van der Waals surface area contributed by atoms with Crippen molar-refractivity contribution in [3.8, 4) is 0 Å². The van der Waals surface area contributed by atoms with Crippen LogP contribution in [0.2, 0.25) is 0 Å². The lowest BCUT2D eigenvalue weighted by Crippen LogP contribution is -2.08. The summed E-state index contributed by atoms with van der Waals surface area (Å²) in [5.41, 5.74) is 0. The minimum Gasteiger partial charge on any atom is -0.300 e. The molecule has 0 unspecified atom stereocenters. The van der Waals surface area contributed by atoms with E-state index >= 15 is 0 Å². The molecule has 184 valence electrons. The van der Waals surface area contributed by atoms with Gasteiger partial charge in [-0.3, -0.25) is 19.2 Å². The minimum absolute atomic E-state index is 0.277. The summed E-state index contributed by atoms with van der Waals surface area (Å²) in [5.74, 6) is 0.129. The molecule has 0 aromatic rings. The van der Waals surface area contributed by atoms with Gasteiger partial charge >= 0.3 is 0 Å². The van der Waals surface area contributed by atoms with Crippen LogP contribution in [0.4, 0.5) is 0 Å². The number of unbranched alkanes of at least 4 members (excludes halogenated alkanes) is 12. The van der Waals surface area contributed by atoms with Gasteiger partial charge in [-0.25, -0.2) is 0 Å². The molecule has 4 heteroatoms. The highest BCUT2D eigenvalue weighted by atomic mass is 16.2. The Bertz CT molecular complexity index is 548. The lowest BCUT2D eigenvalue weighted by Gasteiger charge is -2.02. The first-order chi connectivity index (χ1) is 15.5. The SMILES string of the molecule is CCC(=O)CCCCCCC=CCCCCCCCC(=O)CCCCCCC(=O)C(C)=O. The van der Waals surface area contributed by atoms with E-state index in [1.807, 2.05) is 6.92 Å². The maximum atomic E-state index is 11.9. The van der Waals surface area contributed by atoms with Gasteiger partial charge in [0, 0.05) is 39.0 Å². The van der Waals surface area contributed by atoms with Crippen LogP contribution in [0.25, 0.3) is 0 Å². The third-order valence-electron chi connectivity index (χ3n) is 5.97. The standard InChI is InChI=1S/C28H48O4/c1-3-26(30)21-17-13-11-9-7-5-4-6-8-10-12-14-18-22-27(31)23-19-15-16-20-24-28(32)25(2)29/h4-5H,3,6-24H2,1-2H3. The van der Waals surface area contributed by atoms with Crippen LogP contribution >= 0.6 is 0 Å². The summed E-state index contributed by atoms with van der Waals surface area (Å²) in [7, 11) is 0. The second kappa shape index (κ2) is 22.6. The number of Topliss-reactive ketones (excluding diaryl/α,β-unsaturated/α-hetero) is 4. The average molecular weight is 449 g/mol. The first-order valence-electron chi connectivity index (χ1n) is 13.2. The first-order valence-corrected chi connectivity index (χ1v) is 13.2. The van der Waals surface area contributed by atoms with Crippen LogP contribution in [0.3, 0.4) is 0 Å². The van der Waals surface area contributed by atoms with Gasteiger partial charge in [-0.2, -0.15) is 0 Å². The van der Waals surface area contributed by atoms with E-state index in [2.05, 4.69) is 12.2 Å². The monoisotopic (exact) mass is 448 g/mol. The van der Waals surface area contributed by atoms with Crippen LogP contribution in [-0.4, -0.2) is 23.1 Å². The zero-order valence-corrected chi connectivity index (χ0v) is 20.9. The second-order valence-corrected chi connectivity index (χ2v) is 9.06. The number of allylic oxidation sites excluding steroid dienone is 2. The van der Waals surface area contributed by atoms with E-state index in [-0.39, 0.29) is 11.6 Å². The number of ketones is 4. The van der Waals surface area contributed by atoms with E-state index in [9.17, 15) is 19.2 Å². The van der Waals surface area contributed by atoms with Gasteiger partial charge in [0.1, 0.15) is 11.6 Å². The Hall–Kier alpha value is -1.58. The molecule has 0 fully saturated rings. The van der Waals surface area contributed by atoms with Crippen molar-refractivity contribution in [3.63, 3.8) is 0 Å². The van der Waals surface area contributed by atoms with Gasteiger partial charge in [0.15, 0.2) is 11.6 Å². The Labute approximate surface area is 197 Å². The summed E-state index contributed by atoms with van der Waals surface area (Å²) in [6, 6.07) is 0. The van der Waals surface area contributed by atoms with Gasteiger partial charge in [0.2, 0.25) is 0 Å². The van der Waals surface area contributed by atoms with Crippen molar-refractivity contribution in [1.82, 2.24) is 0 Å². The summed E-state index contributed by atoms with van der Waals surface area (Å²) in [6.45, 7) is 3.26. The smallest absolute Gasteiger partial charge is 0.198 e. The summed E-state index contributed by atoms with van der Waals surface area (Å²) in [6.07, 6.45) is 24.1. The summed E-state index contributed by atoms with van der Waals surface area (Å²) in [5, 5.41) is 0.